The Morgan fingerprint density at radius 2 is 2.00 bits per heavy atom. The van der Waals surface area contributed by atoms with Gasteiger partial charge in [-0.3, -0.25) is 9.20 Å². The van der Waals surface area contributed by atoms with Crippen molar-refractivity contribution < 1.29 is 13.6 Å². The molecule has 4 rings (SSSR count). The number of carbonyl (C=O) groups excluding carboxylic acids is 1. The fourth-order valence-electron chi connectivity index (χ4n) is 3.69. The monoisotopic (exact) mass is 418 g/mol. The normalized spacial score (nSPS) is 21.5. The molecule has 1 aliphatic heterocycles. The highest BCUT2D eigenvalue weighted by Gasteiger charge is 2.19. The lowest BCUT2D eigenvalue weighted by Crippen LogP contribution is -2.26. The van der Waals surface area contributed by atoms with Crippen molar-refractivity contribution in [2.75, 3.05) is 5.32 Å². The summed E-state index contributed by atoms with van der Waals surface area (Å²) in [6.45, 7) is 2.28. The molecule has 9 heteroatoms. The van der Waals surface area contributed by atoms with Gasteiger partial charge >= 0.3 is 0 Å². The average molecular weight is 418 g/mol. The molecule has 0 unspecified atom stereocenters. The van der Waals surface area contributed by atoms with E-state index in [0.717, 1.165) is 31.0 Å². The quantitative estimate of drug-likeness (QED) is 0.702. The average Bonchev–Trinajstić information content (AvgIpc) is 3.16. The number of primary amides is 1. The summed E-state index contributed by atoms with van der Waals surface area (Å²) in [6.07, 6.45) is 6.65. The first-order valence-electron chi connectivity index (χ1n) is 10.2. The molecule has 1 aliphatic carbocycles. The van der Waals surface area contributed by atoms with E-state index in [2.05, 4.69) is 22.2 Å². The predicted molar refractivity (Wildman–Crippen MR) is 113 cm³/mol. The number of anilines is 1. The van der Waals surface area contributed by atoms with E-state index < -0.39 is 12.3 Å². The maximum Gasteiger partial charge on any atom is 0.281 e. The largest absolute Gasteiger partial charge is 0.383 e. The van der Waals surface area contributed by atoms with E-state index in [9.17, 15) is 13.6 Å². The molecule has 0 bridgehead atoms. The summed E-state index contributed by atoms with van der Waals surface area (Å²) < 4.78 is 27.2. The lowest BCUT2D eigenvalue weighted by atomic mass is 9.87. The van der Waals surface area contributed by atoms with Gasteiger partial charge in [-0.2, -0.15) is 0 Å². The molecule has 2 aliphatic rings. The van der Waals surface area contributed by atoms with Crippen molar-refractivity contribution in [3.05, 3.63) is 41.5 Å². The number of nitrogens with one attached hydrogen (secondary N) is 1. The Balaban J connectivity index is 0.000000216. The third-order valence-electron chi connectivity index (χ3n) is 5.46. The fraction of sp³-hybridized carbons (Fsp3) is 0.476. The highest BCUT2D eigenvalue weighted by atomic mass is 19.3. The minimum Gasteiger partial charge on any atom is -0.383 e. The highest BCUT2D eigenvalue weighted by molar-refractivity contribution is 5.93. The lowest BCUT2D eigenvalue weighted by Gasteiger charge is -2.27. The molecule has 3 heterocycles. The van der Waals surface area contributed by atoms with Crippen molar-refractivity contribution >= 4 is 23.6 Å². The number of hydrogen-bond acceptors (Lipinski definition) is 5. The van der Waals surface area contributed by atoms with Gasteiger partial charge in [0.05, 0.1) is 5.57 Å². The molecular weight excluding hydrogens is 390 g/mol. The van der Waals surface area contributed by atoms with Crippen LogP contribution in [0.4, 0.5) is 14.6 Å². The van der Waals surface area contributed by atoms with Crippen LogP contribution in [0.15, 0.2) is 40.8 Å². The second-order valence-corrected chi connectivity index (χ2v) is 7.79. The van der Waals surface area contributed by atoms with Crippen molar-refractivity contribution in [3.8, 4) is 0 Å². The van der Waals surface area contributed by atoms with Crippen LogP contribution < -0.4 is 16.8 Å². The summed E-state index contributed by atoms with van der Waals surface area (Å²) in [5.74, 6) is 1.44. The minimum atomic E-state index is -2.53. The van der Waals surface area contributed by atoms with Crippen LogP contribution in [-0.2, 0) is 4.79 Å². The van der Waals surface area contributed by atoms with Crippen molar-refractivity contribution in [2.24, 2.45) is 22.4 Å². The molecule has 1 saturated carbocycles. The minimum absolute atomic E-state index is 0.170. The summed E-state index contributed by atoms with van der Waals surface area (Å²) >= 11 is 0. The first-order valence-corrected chi connectivity index (χ1v) is 10.2. The molecule has 0 spiro atoms. The van der Waals surface area contributed by atoms with E-state index in [1.54, 1.807) is 16.7 Å². The number of hydrogen-bond donors (Lipinski definition) is 3. The van der Waals surface area contributed by atoms with Gasteiger partial charge in [-0.05, 0) is 56.6 Å². The van der Waals surface area contributed by atoms with E-state index >= 15 is 0 Å². The van der Waals surface area contributed by atoms with Gasteiger partial charge in [0, 0.05) is 18.5 Å². The van der Waals surface area contributed by atoms with E-state index in [4.69, 9.17) is 11.5 Å². The fourth-order valence-corrected chi connectivity index (χ4v) is 3.69. The Bertz CT molecular complexity index is 944. The SMILES string of the molecule is CC1CCC(Nc2cccc3nc(C(F)F)cn23)CC1.NC(=O)C1=C(N)N=CCC1. The molecule has 7 nitrogen and oxygen atoms in total. The van der Waals surface area contributed by atoms with Crippen LogP contribution in [0, 0.1) is 5.92 Å². The van der Waals surface area contributed by atoms with Gasteiger partial charge in [0.2, 0.25) is 5.91 Å². The zero-order valence-electron chi connectivity index (χ0n) is 17.0. The maximum absolute atomic E-state index is 12.7. The van der Waals surface area contributed by atoms with E-state index in [0.29, 0.717) is 23.7 Å². The van der Waals surface area contributed by atoms with Crippen LogP contribution in [0.5, 0.6) is 0 Å². The van der Waals surface area contributed by atoms with E-state index in [-0.39, 0.29) is 11.5 Å². The third kappa shape index (κ3) is 5.34. The molecule has 2 aromatic rings. The van der Waals surface area contributed by atoms with Crippen LogP contribution >= 0.6 is 0 Å². The summed E-state index contributed by atoms with van der Waals surface area (Å²) in [5.41, 5.74) is 11.2. The number of nitrogens with two attached hydrogens (primary N) is 2. The Kier molecular flexibility index (Phi) is 7.02. The zero-order valence-corrected chi connectivity index (χ0v) is 17.0. The lowest BCUT2D eigenvalue weighted by molar-refractivity contribution is -0.114. The van der Waals surface area contributed by atoms with Crippen LogP contribution in [0.3, 0.4) is 0 Å². The van der Waals surface area contributed by atoms with Gasteiger partial charge in [-0.25, -0.2) is 18.8 Å². The maximum atomic E-state index is 12.7. The molecule has 0 radical (unpaired) electrons. The molecule has 2 aromatic heterocycles. The van der Waals surface area contributed by atoms with Crippen LogP contribution in [-0.4, -0.2) is 27.5 Å². The second-order valence-electron chi connectivity index (χ2n) is 7.79. The van der Waals surface area contributed by atoms with Crippen molar-refractivity contribution in [2.45, 2.75) is 57.9 Å². The number of halogens is 2. The summed E-state index contributed by atoms with van der Waals surface area (Å²) in [6, 6.07) is 5.95. The number of amides is 1. The Morgan fingerprint density at radius 3 is 2.60 bits per heavy atom. The number of alkyl halides is 2. The number of nitrogens with zero attached hydrogens (tertiary/aromatic N) is 3. The topological polar surface area (TPSA) is 111 Å². The molecule has 0 aromatic carbocycles. The molecule has 162 valence electrons. The van der Waals surface area contributed by atoms with Gasteiger partial charge in [0.25, 0.3) is 6.43 Å². The van der Waals surface area contributed by atoms with E-state index in [1.807, 2.05) is 12.1 Å². The first-order chi connectivity index (χ1) is 14.3. The standard InChI is InChI=1S/C15H19F2N3.C6H9N3O/c1-10-5-7-11(8-6-10)18-13-3-2-4-14-19-12(15(16)17)9-20(13)14;7-5-4(6(8)10)2-1-3-9-5/h2-4,9-11,15,18H,5-8H2,1H3;3H,1-2,7H2,(H2,8,10). The number of carbonyl (C=O) groups is 1. The number of aromatic nitrogens is 2. The molecular formula is C21H28F2N6O. The number of imidazole rings is 1. The van der Waals surface area contributed by atoms with Gasteiger partial charge in [0.15, 0.2) is 0 Å². The highest BCUT2D eigenvalue weighted by Crippen LogP contribution is 2.27. The summed E-state index contributed by atoms with van der Waals surface area (Å²) in [4.78, 5) is 18.3. The smallest absolute Gasteiger partial charge is 0.281 e. The van der Waals surface area contributed by atoms with Crippen molar-refractivity contribution in [1.82, 2.24) is 9.38 Å². The molecule has 5 N–H and O–H groups in total. The molecule has 30 heavy (non-hydrogen) atoms. The van der Waals surface area contributed by atoms with Gasteiger partial charge < -0.3 is 16.8 Å². The van der Waals surface area contributed by atoms with Gasteiger partial charge in [-0.15, -0.1) is 0 Å². The number of rotatable bonds is 4. The zero-order chi connectivity index (χ0) is 21.7. The molecule has 1 amide bonds. The molecule has 0 saturated heterocycles. The Morgan fingerprint density at radius 1 is 1.27 bits per heavy atom. The van der Waals surface area contributed by atoms with Crippen LogP contribution in [0.1, 0.15) is 57.6 Å². The van der Waals surface area contributed by atoms with Gasteiger partial charge in [0.1, 0.15) is 23.0 Å². The second kappa shape index (κ2) is 9.69. The van der Waals surface area contributed by atoms with Crippen LogP contribution in [0.25, 0.3) is 5.65 Å². The Hall–Kier alpha value is -2.97. The summed E-state index contributed by atoms with van der Waals surface area (Å²) in [5, 5.41) is 3.47. The van der Waals surface area contributed by atoms with E-state index in [1.165, 1.54) is 19.0 Å². The van der Waals surface area contributed by atoms with Crippen molar-refractivity contribution in [3.63, 3.8) is 0 Å². The summed E-state index contributed by atoms with van der Waals surface area (Å²) in [7, 11) is 0. The van der Waals surface area contributed by atoms with Gasteiger partial charge in [-0.1, -0.05) is 13.0 Å². The number of aliphatic imine (C=N–C) groups is 1. The third-order valence-corrected chi connectivity index (χ3v) is 5.46. The number of fused-ring (bicyclic) bond motifs is 1. The van der Waals surface area contributed by atoms with Crippen molar-refractivity contribution in [1.29, 1.82) is 0 Å². The number of pyridine rings is 1. The molecule has 1 fully saturated rings. The van der Waals surface area contributed by atoms with Crippen LogP contribution in [0.2, 0.25) is 0 Å². The molecule has 0 atom stereocenters. The predicted octanol–water partition coefficient (Wildman–Crippen LogP) is 3.77. The first kappa shape index (κ1) is 21.7. The Labute approximate surface area is 174 Å².